The van der Waals surface area contributed by atoms with E-state index in [1.807, 2.05) is 19.0 Å². The van der Waals surface area contributed by atoms with Crippen LogP contribution in [0.5, 0.6) is 0 Å². The quantitative estimate of drug-likeness (QED) is 0.821. The molecule has 0 radical (unpaired) electrons. The summed E-state index contributed by atoms with van der Waals surface area (Å²) < 4.78 is 1.78. The number of carbonyl (C=O) groups is 1. The van der Waals surface area contributed by atoms with Gasteiger partial charge >= 0.3 is 5.97 Å². The Balaban J connectivity index is 2.47. The zero-order chi connectivity index (χ0) is 11.4. The molecule has 0 atom stereocenters. The van der Waals surface area contributed by atoms with Gasteiger partial charge in [-0.05, 0) is 7.05 Å². The van der Waals surface area contributed by atoms with Gasteiger partial charge in [-0.2, -0.15) is 0 Å². The minimum absolute atomic E-state index is 0.134. The van der Waals surface area contributed by atoms with Gasteiger partial charge < -0.3 is 9.67 Å². The van der Waals surface area contributed by atoms with E-state index >= 15 is 0 Å². The van der Waals surface area contributed by atoms with Crippen LogP contribution in [0, 0.1) is 0 Å². The molecular weight excluding hydrogens is 218 g/mol. The Morgan fingerprint density at radius 2 is 2.40 bits per heavy atom. The van der Waals surface area contributed by atoms with Crippen molar-refractivity contribution in [3.8, 4) is 0 Å². The first kappa shape index (κ1) is 12.0. The topological polar surface area (TPSA) is 58.4 Å². The number of carboxylic acid groups (broad SMARTS) is 1. The van der Waals surface area contributed by atoms with Crippen LogP contribution < -0.4 is 0 Å². The van der Waals surface area contributed by atoms with Gasteiger partial charge in [0, 0.05) is 13.6 Å². The van der Waals surface area contributed by atoms with Crippen molar-refractivity contribution < 1.29 is 9.90 Å². The molecule has 0 saturated heterocycles. The van der Waals surface area contributed by atoms with Crippen LogP contribution >= 0.6 is 11.6 Å². The fourth-order valence-electron chi connectivity index (χ4n) is 1.18. The second kappa shape index (κ2) is 5.14. The van der Waals surface area contributed by atoms with Crippen LogP contribution in [0.15, 0.2) is 6.20 Å². The Morgan fingerprint density at radius 1 is 1.73 bits per heavy atom. The van der Waals surface area contributed by atoms with Crippen LogP contribution in [0.2, 0.25) is 5.15 Å². The maximum absolute atomic E-state index is 10.4. The van der Waals surface area contributed by atoms with Crippen molar-refractivity contribution in [2.24, 2.45) is 7.05 Å². The molecule has 0 aliphatic heterocycles. The van der Waals surface area contributed by atoms with Crippen LogP contribution in [-0.4, -0.2) is 39.1 Å². The number of aliphatic carboxylic acids is 1. The fourth-order valence-corrected chi connectivity index (χ4v) is 1.32. The molecule has 0 fully saturated rings. The largest absolute Gasteiger partial charge is 0.481 e. The Morgan fingerprint density at radius 3 is 2.87 bits per heavy atom. The smallest absolute Gasteiger partial charge is 0.304 e. The van der Waals surface area contributed by atoms with Gasteiger partial charge in [0.2, 0.25) is 0 Å². The van der Waals surface area contributed by atoms with Crippen LogP contribution in [0.4, 0.5) is 0 Å². The number of hydrogen-bond donors (Lipinski definition) is 1. The number of nitrogens with zero attached hydrogens (tertiary/aromatic N) is 3. The summed E-state index contributed by atoms with van der Waals surface area (Å²) in [4.78, 5) is 16.4. The highest BCUT2D eigenvalue weighted by atomic mass is 35.5. The summed E-state index contributed by atoms with van der Waals surface area (Å²) in [6.07, 6.45) is 1.72. The van der Waals surface area contributed by atoms with Gasteiger partial charge in [-0.15, -0.1) is 0 Å². The third kappa shape index (κ3) is 3.53. The third-order valence-electron chi connectivity index (χ3n) is 2.15. The van der Waals surface area contributed by atoms with Crippen molar-refractivity contribution in [3.05, 3.63) is 17.2 Å². The van der Waals surface area contributed by atoms with E-state index in [1.54, 1.807) is 10.8 Å². The highest BCUT2D eigenvalue weighted by molar-refractivity contribution is 6.29. The minimum Gasteiger partial charge on any atom is -0.481 e. The van der Waals surface area contributed by atoms with Crippen LogP contribution in [0.25, 0.3) is 0 Å². The second-order valence-electron chi connectivity index (χ2n) is 3.44. The molecule has 6 heteroatoms. The van der Waals surface area contributed by atoms with E-state index in [9.17, 15) is 4.79 Å². The summed E-state index contributed by atoms with van der Waals surface area (Å²) in [6, 6.07) is 0. The molecule has 0 aliphatic rings. The summed E-state index contributed by atoms with van der Waals surface area (Å²) in [6.45, 7) is 1.09. The molecule has 1 N–H and O–H groups in total. The lowest BCUT2D eigenvalue weighted by atomic mass is 10.4. The summed E-state index contributed by atoms with van der Waals surface area (Å²) in [5.41, 5.74) is 0. The summed E-state index contributed by atoms with van der Waals surface area (Å²) in [5, 5.41) is 9.10. The van der Waals surface area contributed by atoms with E-state index in [0.717, 1.165) is 5.82 Å². The van der Waals surface area contributed by atoms with Crippen LogP contribution in [-0.2, 0) is 18.4 Å². The van der Waals surface area contributed by atoms with Gasteiger partial charge in [0.05, 0.1) is 19.2 Å². The number of hydrogen-bond acceptors (Lipinski definition) is 3. The standard InChI is InChI=1S/C9H14ClN3O2/c1-12(4-3-9(14)15)6-8-11-5-7(10)13(8)2/h5H,3-4,6H2,1-2H3,(H,14,15). The van der Waals surface area contributed by atoms with Gasteiger partial charge in [0.15, 0.2) is 0 Å². The number of halogens is 1. The average Bonchev–Trinajstić information content (AvgIpc) is 2.47. The van der Waals surface area contributed by atoms with Gasteiger partial charge in [0.25, 0.3) is 0 Å². The van der Waals surface area contributed by atoms with E-state index in [1.165, 1.54) is 0 Å². The Kier molecular flexibility index (Phi) is 4.11. The molecule has 1 rings (SSSR count). The van der Waals surface area contributed by atoms with Crippen molar-refractivity contribution in [3.63, 3.8) is 0 Å². The molecule has 0 unspecified atom stereocenters. The van der Waals surface area contributed by atoms with Gasteiger partial charge in [-0.25, -0.2) is 4.98 Å². The zero-order valence-corrected chi connectivity index (χ0v) is 9.53. The molecule has 1 aromatic rings. The normalized spacial score (nSPS) is 10.9. The van der Waals surface area contributed by atoms with Crippen LogP contribution in [0.3, 0.4) is 0 Å². The molecule has 1 aromatic heterocycles. The summed E-state index contributed by atoms with van der Waals surface area (Å²) in [7, 11) is 3.68. The predicted octanol–water partition coefficient (Wildman–Crippen LogP) is 0.980. The second-order valence-corrected chi connectivity index (χ2v) is 3.82. The molecule has 0 aromatic carbocycles. The Labute approximate surface area is 93.3 Å². The van der Waals surface area contributed by atoms with Crippen molar-refractivity contribution >= 4 is 17.6 Å². The maximum atomic E-state index is 10.4. The minimum atomic E-state index is -0.792. The SMILES string of the molecule is CN(CCC(=O)O)Cc1ncc(Cl)n1C. The molecule has 15 heavy (non-hydrogen) atoms. The molecule has 0 spiro atoms. The van der Waals surface area contributed by atoms with Crippen LogP contribution in [0.1, 0.15) is 12.2 Å². The van der Waals surface area contributed by atoms with E-state index < -0.39 is 5.97 Å². The highest BCUT2D eigenvalue weighted by Crippen LogP contribution is 2.10. The first-order chi connectivity index (χ1) is 7.00. The lowest BCUT2D eigenvalue weighted by Gasteiger charge is -2.14. The van der Waals surface area contributed by atoms with Crippen molar-refractivity contribution in [1.29, 1.82) is 0 Å². The van der Waals surface area contributed by atoms with Crippen molar-refractivity contribution in [2.45, 2.75) is 13.0 Å². The maximum Gasteiger partial charge on any atom is 0.304 e. The van der Waals surface area contributed by atoms with Gasteiger partial charge in [0.1, 0.15) is 11.0 Å². The number of rotatable bonds is 5. The van der Waals surface area contributed by atoms with Crippen molar-refractivity contribution in [1.82, 2.24) is 14.5 Å². The van der Waals surface area contributed by atoms with E-state index in [0.29, 0.717) is 18.2 Å². The monoisotopic (exact) mass is 231 g/mol. The number of aromatic nitrogens is 2. The molecule has 0 bridgehead atoms. The molecule has 1 heterocycles. The number of imidazole rings is 1. The summed E-state index contributed by atoms with van der Waals surface area (Å²) >= 11 is 5.83. The molecule has 84 valence electrons. The van der Waals surface area contributed by atoms with Gasteiger partial charge in [-0.1, -0.05) is 11.6 Å². The highest BCUT2D eigenvalue weighted by Gasteiger charge is 2.08. The average molecular weight is 232 g/mol. The van der Waals surface area contributed by atoms with E-state index in [-0.39, 0.29) is 6.42 Å². The van der Waals surface area contributed by atoms with E-state index in [4.69, 9.17) is 16.7 Å². The molecule has 0 saturated carbocycles. The lowest BCUT2D eigenvalue weighted by molar-refractivity contribution is -0.137. The number of carboxylic acids is 1. The summed E-state index contributed by atoms with van der Waals surface area (Å²) in [5.74, 6) is 0.0348. The molecule has 0 amide bonds. The first-order valence-corrected chi connectivity index (χ1v) is 4.95. The van der Waals surface area contributed by atoms with E-state index in [2.05, 4.69) is 4.98 Å². The third-order valence-corrected chi connectivity index (χ3v) is 2.50. The van der Waals surface area contributed by atoms with Gasteiger partial charge in [-0.3, -0.25) is 9.69 Å². The zero-order valence-electron chi connectivity index (χ0n) is 8.77. The predicted molar refractivity (Wildman–Crippen MR) is 56.8 cm³/mol. The molecule has 5 nitrogen and oxygen atoms in total. The van der Waals surface area contributed by atoms with Crippen molar-refractivity contribution in [2.75, 3.05) is 13.6 Å². The molecular formula is C9H14ClN3O2. The molecule has 0 aliphatic carbocycles. The Hall–Kier alpha value is -1.07. The lowest BCUT2D eigenvalue weighted by Crippen LogP contribution is -2.23. The first-order valence-electron chi connectivity index (χ1n) is 4.57. The fraction of sp³-hybridized carbons (Fsp3) is 0.556. The Bertz CT molecular complexity index is 351.